The molecule has 0 radical (unpaired) electrons. The first kappa shape index (κ1) is 62.1. The van der Waals surface area contributed by atoms with E-state index in [1.807, 2.05) is 0 Å². The Hall–Kier alpha value is -5.16. The number of non-ortho nitro benzene ring substituents is 2. The van der Waals surface area contributed by atoms with Gasteiger partial charge in [0.15, 0.2) is 0 Å². The van der Waals surface area contributed by atoms with Crippen molar-refractivity contribution in [2.45, 2.75) is 21.6 Å². The van der Waals surface area contributed by atoms with E-state index < -0.39 is 84.2 Å². The molecule has 0 atom stereocenters. The molecule has 0 heterocycles. The number of nitro groups is 2. The fraction of sp³-hybridized carbons (Fsp3) is 0.0233. The molecule has 0 aromatic heterocycles. The molecule has 0 aliphatic heterocycles. The smallest absolute Gasteiger partial charge is 0.506 e. The number of phenols is 4. The first-order chi connectivity index (χ1) is 32.4. The van der Waals surface area contributed by atoms with Gasteiger partial charge in [-0.15, -0.1) is 20.5 Å². The average molecular weight is 1120 g/mol. The number of anilines is 1. The summed E-state index contributed by atoms with van der Waals surface area (Å²) in [6.07, 6.45) is 0. The van der Waals surface area contributed by atoms with Crippen LogP contribution in [0.1, 0.15) is 5.56 Å². The second-order valence-electron chi connectivity index (χ2n) is 14.6. The van der Waals surface area contributed by atoms with E-state index in [1.54, 1.807) is 49.4 Å². The van der Waals surface area contributed by atoms with Crippen molar-refractivity contribution in [3.8, 4) is 23.0 Å². The number of rotatable bonds is 11. The number of nitrogens with one attached hydrogen (secondary N) is 1. The minimum atomic E-state index is -4.87. The van der Waals surface area contributed by atoms with Gasteiger partial charge in [0.05, 0.1) is 20.4 Å². The number of aromatic hydroxyl groups is 4. The van der Waals surface area contributed by atoms with Crippen LogP contribution in [0.3, 0.4) is 0 Å². The van der Waals surface area contributed by atoms with Gasteiger partial charge in [-0.1, -0.05) is 54.1 Å². The zero-order valence-electron chi connectivity index (χ0n) is 38.2. The van der Waals surface area contributed by atoms with Crippen LogP contribution >= 0.6 is 0 Å². The molecule has 358 valence electrons. The number of azo groups is 2. The van der Waals surface area contributed by atoms with Crippen molar-refractivity contribution in [1.29, 1.82) is 0 Å². The van der Waals surface area contributed by atoms with Gasteiger partial charge in [-0.2, -0.15) is 16.8 Å². The Labute approximate surface area is 490 Å². The van der Waals surface area contributed by atoms with Crippen molar-refractivity contribution < 1.29 is 171 Å². The summed E-state index contributed by atoms with van der Waals surface area (Å²) in [6.45, 7) is 1.79. The quantitative estimate of drug-likeness (QED) is 0.0236. The van der Waals surface area contributed by atoms with Crippen LogP contribution in [0.5, 0.6) is 23.0 Å². The molecule has 8 aromatic rings. The van der Waals surface area contributed by atoms with Crippen molar-refractivity contribution in [3.63, 3.8) is 0 Å². The van der Waals surface area contributed by atoms with Crippen LogP contribution in [-0.4, -0.2) is 64.6 Å². The zero-order chi connectivity index (χ0) is 50.2. The zero-order valence-corrected chi connectivity index (χ0v) is 47.9. The van der Waals surface area contributed by atoms with Gasteiger partial charge in [-0.05, 0) is 66.2 Å². The van der Waals surface area contributed by atoms with E-state index in [0.717, 1.165) is 59.5 Å². The summed E-state index contributed by atoms with van der Waals surface area (Å²) in [5, 5.41) is 80.0. The summed E-state index contributed by atoms with van der Waals surface area (Å²) < 4.78 is 94.5. The van der Waals surface area contributed by atoms with E-state index in [2.05, 4.69) is 25.2 Å². The van der Waals surface area contributed by atoms with Crippen molar-refractivity contribution in [2.24, 2.45) is 20.5 Å². The standard InChI is InChI=1S/C23H18N4O9S2.C20H13N3O7S.Cr.3Na/c1-13-2-6-16(7-3-13)37(32,33)26-18-8-4-14-10-22(38(34,35)36)20(12-17(14)23(18)29)25-24-19-11-15(27(30)31)5-9-21(19)28;24-16-8-5-11-3-1-2-4-13(11)19(16)21-22-20-14-7-6-12(23(26)27)9-15(14)18(10-17(20)25)31(28,29)30;;;;/h2-12,26,28-29H,1H3,(H,34,35,36);1-10,24-25H,(H,28,29,30);;;;/q;;;3*+1. The molecule has 0 amide bonds. The van der Waals surface area contributed by atoms with Crippen molar-refractivity contribution in [3.05, 3.63) is 153 Å². The number of nitrogens with zero attached hydrogens (tertiary/aromatic N) is 6. The molecule has 0 fully saturated rings. The van der Waals surface area contributed by atoms with Crippen LogP contribution in [0, 0.1) is 27.2 Å². The predicted molar refractivity (Wildman–Crippen MR) is 248 cm³/mol. The second kappa shape index (κ2) is 24.9. The van der Waals surface area contributed by atoms with Crippen molar-refractivity contribution >= 4 is 102 Å². The van der Waals surface area contributed by atoms with Gasteiger partial charge in [0, 0.05) is 69.2 Å². The molecule has 8 rings (SSSR count). The summed E-state index contributed by atoms with van der Waals surface area (Å²) in [6, 6.07) is 27.6. The molecular weight excluding hydrogens is 1090 g/mol. The SMILES string of the molecule is Cc1ccc(S(=O)(=O)Nc2ccc3cc(S(=O)(=O)O)c(N=Nc4cc([N+](=O)[O-])ccc4O)cc3c2O)cc1.O=[N+]([O-])c1ccc2c(N=Nc3c(O)ccc4ccccc34)c(O)cc(S(=O)(=O)O)c2c1.[Cr].[Na+].[Na+].[Na+]. The third kappa shape index (κ3) is 14.2. The van der Waals surface area contributed by atoms with Crippen molar-refractivity contribution in [2.75, 3.05) is 4.72 Å². The van der Waals surface area contributed by atoms with Crippen molar-refractivity contribution in [1.82, 2.24) is 0 Å². The molecule has 0 saturated carbocycles. The average Bonchev–Trinajstić information content (AvgIpc) is 3.29. The maximum absolute atomic E-state index is 12.8. The first-order valence-electron chi connectivity index (χ1n) is 19.2. The fourth-order valence-corrected chi connectivity index (χ4v) is 9.07. The third-order valence-electron chi connectivity index (χ3n) is 10.0. The number of hydrogen-bond acceptors (Lipinski definition) is 18. The number of hydrogen-bond donors (Lipinski definition) is 7. The predicted octanol–water partition coefficient (Wildman–Crippen LogP) is 0.915. The fourth-order valence-electron chi connectivity index (χ4n) is 6.66. The van der Waals surface area contributed by atoms with Gasteiger partial charge in [-0.3, -0.25) is 34.1 Å². The molecule has 23 nitrogen and oxygen atoms in total. The van der Waals surface area contributed by atoms with Crippen LogP contribution in [0.4, 0.5) is 39.8 Å². The number of fused-ring (bicyclic) bond motifs is 3. The summed E-state index contributed by atoms with van der Waals surface area (Å²) in [5.41, 5.74) is -1.17. The van der Waals surface area contributed by atoms with Crippen LogP contribution in [-0.2, 0) is 47.6 Å². The molecule has 0 aliphatic carbocycles. The Bertz CT molecular complexity index is 3880. The Morgan fingerprint density at radius 3 is 1.67 bits per heavy atom. The van der Waals surface area contributed by atoms with E-state index in [4.69, 9.17) is 0 Å². The van der Waals surface area contributed by atoms with Gasteiger partial charge in [-0.25, -0.2) is 8.42 Å². The maximum Gasteiger partial charge on any atom is 1.00 e. The molecule has 0 aliphatic rings. The maximum atomic E-state index is 12.8. The number of nitro benzene ring substituents is 2. The third-order valence-corrected chi connectivity index (χ3v) is 13.2. The summed E-state index contributed by atoms with van der Waals surface area (Å²) in [4.78, 5) is 19.2. The molecule has 8 aromatic carbocycles. The van der Waals surface area contributed by atoms with Crippen LogP contribution in [0.25, 0.3) is 32.3 Å². The van der Waals surface area contributed by atoms with E-state index in [1.165, 1.54) is 36.4 Å². The minimum Gasteiger partial charge on any atom is -0.506 e. The van der Waals surface area contributed by atoms with Crippen LogP contribution in [0.2, 0.25) is 0 Å². The molecule has 73 heavy (non-hydrogen) atoms. The Morgan fingerprint density at radius 1 is 0.507 bits per heavy atom. The Balaban J connectivity index is 0.000000371. The molecule has 0 saturated heterocycles. The number of sulfonamides is 1. The summed E-state index contributed by atoms with van der Waals surface area (Å²) >= 11 is 0. The van der Waals surface area contributed by atoms with Gasteiger partial charge in [0.2, 0.25) is 0 Å². The normalized spacial score (nSPS) is 11.4. The molecular formula is C43H31CrN7Na3O16S3+3. The molecule has 0 spiro atoms. The van der Waals surface area contributed by atoms with Gasteiger partial charge < -0.3 is 20.4 Å². The van der Waals surface area contributed by atoms with E-state index in [0.29, 0.717) is 5.39 Å². The molecule has 30 heteroatoms. The largest absolute Gasteiger partial charge is 1.00 e. The number of aryl methyl sites for hydroxylation is 1. The number of phenolic OH excluding ortho intramolecular Hbond substituents is 4. The topological polar surface area (TPSA) is 372 Å². The Kier molecular flexibility index (Phi) is 21.2. The molecule has 0 unspecified atom stereocenters. The van der Waals surface area contributed by atoms with E-state index >= 15 is 0 Å². The van der Waals surface area contributed by atoms with Gasteiger partial charge >= 0.3 is 88.7 Å². The van der Waals surface area contributed by atoms with Gasteiger partial charge in [0.1, 0.15) is 55.5 Å². The summed E-state index contributed by atoms with van der Waals surface area (Å²) in [5.74, 6) is -1.87. The monoisotopic (exact) mass is 1120 g/mol. The van der Waals surface area contributed by atoms with E-state index in [-0.39, 0.29) is 161 Å². The summed E-state index contributed by atoms with van der Waals surface area (Å²) in [7, 11) is -13.8. The Morgan fingerprint density at radius 2 is 1.05 bits per heavy atom. The molecule has 0 bridgehead atoms. The van der Waals surface area contributed by atoms with Gasteiger partial charge in [0.25, 0.3) is 41.6 Å². The van der Waals surface area contributed by atoms with Crippen LogP contribution < -0.4 is 93.4 Å². The number of benzene rings is 8. The molecule has 7 N–H and O–H groups in total. The van der Waals surface area contributed by atoms with Crippen LogP contribution in [0.15, 0.2) is 163 Å². The minimum absolute atomic E-state index is 0. The first-order valence-corrected chi connectivity index (χ1v) is 23.6. The second-order valence-corrected chi connectivity index (χ2v) is 19.0. The van der Waals surface area contributed by atoms with E-state index in [9.17, 15) is 75.0 Å².